The minimum absolute atomic E-state index is 0.0627. The van der Waals surface area contributed by atoms with E-state index in [1.165, 1.54) is 10.7 Å². The lowest BCUT2D eigenvalue weighted by molar-refractivity contribution is -0.384. The van der Waals surface area contributed by atoms with Gasteiger partial charge in [-0.1, -0.05) is 42.5 Å². The molecule has 2 aromatic carbocycles. The van der Waals surface area contributed by atoms with Gasteiger partial charge >= 0.3 is 0 Å². The van der Waals surface area contributed by atoms with Crippen LogP contribution in [0.5, 0.6) is 0 Å². The van der Waals surface area contributed by atoms with Gasteiger partial charge in [0.1, 0.15) is 11.8 Å². The minimum Gasteiger partial charge on any atom is -0.258 e. The van der Waals surface area contributed by atoms with E-state index in [0.717, 1.165) is 5.56 Å². The summed E-state index contributed by atoms with van der Waals surface area (Å²) in [6.07, 6.45) is 0. The first-order valence-electron chi connectivity index (χ1n) is 6.50. The average molecular weight is 290 g/mol. The maximum atomic E-state index is 11.2. The third kappa shape index (κ3) is 2.31. The fourth-order valence-electron chi connectivity index (χ4n) is 2.23. The van der Waals surface area contributed by atoms with E-state index in [9.17, 15) is 10.1 Å². The van der Waals surface area contributed by atoms with Crippen LogP contribution in [0.15, 0.2) is 60.7 Å². The number of rotatable bonds is 3. The van der Waals surface area contributed by atoms with Gasteiger partial charge in [-0.15, -0.1) is 0 Å². The van der Waals surface area contributed by atoms with Crippen LogP contribution in [-0.2, 0) is 0 Å². The van der Waals surface area contributed by atoms with Gasteiger partial charge in [-0.2, -0.15) is 10.4 Å². The number of nitro benzene ring substituents is 1. The molecule has 0 spiro atoms. The van der Waals surface area contributed by atoms with Crippen LogP contribution >= 0.6 is 0 Å². The second-order valence-corrected chi connectivity index (χ2v) is 4.55. The minimum atomic E-state index is -0.460. The van der Waals surface area contributed by atoms with Gasteiger partial charge in [0.15, 0.2) is 5.69 Å². The third-order valence-electron chi connectivity index (χ3n) is 3.20. The van der Waals surface area contributed by atoms with E-state index in [1.807, 2.05) is 36.4 Å². The summed E-state index contributed by atoms with van der Waals surface area (Å²) in [4.78, 5) is 10.8. The first kappa shape index (κ1) is 13.5. The number of aromatic nitrogens is 2. The van der Waals surface area contributed by atoms with Gasteiger partial charge in [-0.05, 0) is 6.07 Å². The molecule has 0 aliphatic carbocycles. The molecule has 0 saturated carbocycles. The molecule has 0 atom stereocenters. The normalized spacial score (nSPS) is 10.1. The van der Waals surface area contributed by atoms with Crippen molar-refractivity contribution >= 4 is 5.69 Å². The summed E-state index contributed by atoms with van der Waals surface area (Å²) in [7, 11) is 0. The molecule has 0 unspecified atom stereocenters. The molecule has 6 nitrogen and oxygen atoms in total. The Labute approximate surface area is 126 Å². The molecule has 1 heterocycles. The first-order chi connectivity index (χ1) is 10.7. The quantitative estimate of drug-likeness (QED) is 0.547. The lowest BCUT2D eigenvalue weighted by Crippen LogP contribution is -2.03. The number of para-hydroxylation sites is 2. The number of hydrogen-bond donors (Lipinski definition) is 0. The molecule has 0 N–H and O–H groups in total. The standard InChI is InChI=1S/C16H10N4O2/c17-11-13-10-16(12-6-2-1-3-7-12)19(18-13)14-8-4-5-9-15(14)20(21)22/h1-10H. The van der Waals surface area contributed by atoms with Gasteiger partial charge in [0.25, 0.3) is 5.69 Å². The highest BCUT2D eigenvalue weighted by Crippen LogP contribution is 2.28. The van der Waals surface area contributed by atoms with Crippen molar-refractivity contribution in [3.05, 3.63) is 76.5 Å². The molecule has 0 saturated heterocycles. The van der Waals surface area contributed by atoms with Crippen LogP contribution in [0.4, 0.5) is 5.69 Å². The van der Waals surface area contributed by atoms with Crippen LogP contribution < -0.4 is 0 Å². The van der Waals surface area contributed by atoms with Gasteiger partial charge in [-0.3, -0.25) is 10.1 Å². The van der Waals surface area contributed by atoms with Crippen molar-refractivity contribution in [3.8, 4) is 23.0 Å². The van der Waals surface area contributed by atoms with Crippen molar-refractivity contribution in [1.29, 1.82) is 5.26 Å². The van der Waals surface area contributed by atoms with Crippen molar-refractivity contribution in [1.82, 2.24) is 9.78 Å². The third-order valence-corrected chi connectivity index (χ3v) is 3.20. The molecule has 106 valence electrons. The predicted octanol–water partition coefficient (Wildman–Crippen LogP) is 3.32. The number of nitro groups is 1. The van der Waals surface area contributed by atoms with E-state index in [4.69, 9.17) is 5.26 Å². The highest BCUT2D eigenvalue weighted by molar-refractivity contribution is 5.66. The number of nitrogens with zero attached hydrogens (tertiary/aromatic N) is 4. The van der Waals surface area contributed by atoms with Gasteiger partial charge in [0.2, 0.25) is 0 Å². The van der Waals surface area contributed by atoms with Crippen LogP contribution in [0.1, 0.15) is 5.69 Å². The zero-order valence-corrected chi connectivity index (χ0v) is 11.4. The number of nitriles is 1. The summed E-state index contributed by atoms with van der Waals surface area (Å²) in [6, 6.07) is 19.2. The van der Waals surface area contributed by atoms with E-state index >= 15 is 0 Å². The maximum absolute atomic E-state index is 11.2. The fraction of sp³-hybridized carbons (Fsp3) is 0. The van der Waals surface area contributed by atoms with Gasteiger partial charge in [0.05, 0.1) is 10.6 Å². The summed E-state index contributed by atoms with van der Waals surface area (Å²) < 4.78 is 1.44. The van der Waals surface area contributed by atoms with E-state index in [-0.39, 0.29) is 11.4 Å². The maximum Gasteiger partial charge on any atom is 0.294 e. The van der Waals surface area contributed by atoms with Crippen LogP contribution in [-0.4, -0.2) is 14.7 Å². The molecule has 1 aromatic heterocycles. The molecule has 0 radical (unpaired) electrons. The molecule has 0 aliphatic rings. The lowest BCUT2D eigenvalue weighted by atomic mass is 10.1. The van der Waals surface area contributed by atoms with Crippen molar-refractivity contribution < 1.29 is 4.92 Å². The summed E-state index contributed by atoms with van der Waals surface area (Å²) in [5.41, 5.74) is 1.93. The van der Waals surface area contributed by atoms with E-state index in [0.29, 0.717) is 11.4 Å². The largest absolute Gasteiger partial charge is 0.294 e. The molecule has 22 heavy (non-hydrogen) atoms. The topological polar surface area (TPSA) is 84.8 Å². The second kappa shape index (κ2) is 5.50. The van der Waals surface area contributed by atoms with Gasteiger partial charge in [-0.25, -0.2) is 4.68 Å². The molecule has 6 heteroatoms. The van der Waals surface area contributed by atoms with Gasteiger partial charge < -0.3 is 0 Å². The smallest absolute Gasteiger partial charge is 0.258 e. The Morgan fingerprint density at radius 1 is 1.09 bits per heavy atom. The molecular formula is C16H10N4O2. The van der Waals surface area contributed by atoms with E-state index in [1.54, 1.807) is 24.3 Å². The molecule has 0 bridgehead atoms. The second-order valence-electron chi connectivity index (χ2n) is 4.55. The molecule has 0 aliphatic heterocycles. The van der Waals surface area contributed by atoms with Crippen molar-refractivity contribution in [3.63, 3.8) is 0 Å². The Bertz CT molecular complexity index is 879. The zero-order chi connectivity index (χ0) is 15.5. The molecule has 3 aromatic rings. The van der Waals surface area contributed by atoms with Crippen LogP contribution in [0.3, 0.4) is 0 Å². The molecule has 3 rings (SSSR count). The first-order valence-corrected chi connectivity index (χ1v) is 6.50. The fourth-order valence-corrected chi connectivity index (χ4v) is 2.23. The van der Waals surface area contributed by atoms with Crippen molar-refractivity contribution in [2.45, 2.75) is 0 Å². The Morgan fingerprint density at radius 3 is 2.45 bits per heavy atom. The number of benzene rings is 2. The van der Waals surface area contributed by atoms with Crippen LogP contribution in [0.2, 0.25) is 0 Å². The Kier molecular flexibility index (Phi) is 3.38. The SMILES string of the molecule is N#Cc1cc(-c2ccccc2)n(-c2ccccc2[N+](=O)[O-])n1. The molecular weight excluding hydrogens is 280 g/mol. The monoisotopic (exact) mass is 290 g/mol. The summed E-state index contributed by atoms with van der Waals surface area (Å²) >= 11 is 0. The average Bonchev–Trinajstić information content (AvgIpc) is 3.00. The molecule has 0 fully saturated rings. The summed E-state index contributed by atoms with van der Waals surface area (Å²) in [5.74, 6) is 0. The van der Waals surface area contributed by atoms with Crippen LogP contribution in [0, 0.1) is 21.4 Å². The van der Waals surface area contributed by atoms with Gasteiger partial charge in [0, 0.05) is 17.7 Å². The van der Waals surface area contributed by atoms with E-state index < -0.39 is 4.92 Å². The summed E-state index contributed by atoms with van der Waals surface area (Å²) in [6.45, 7) is 0. The Hall–Kier alpha value is -3.46. The Balaban J connectivity index is 2.27. The van der Waals surface area contributed by atoms with E-state index in [2.05, 4.69) is 5.10 Å². The highest BCUT2D eigenvalue weighted by atomic mass is 16.6. The number of hydrogen-bond acceptors (Lipinski definition) is 4. The summed E-state index contributed by atoms with van der Waals surface area (Å²) in [5, 5.41) is 24.5. The lowest BCUT2D eigenvalue weighted by Gasteiger charge is -2.07. The predicted molar refractivity (Wildman–Crippen MR) is 80.4 cm³/mol. The van der Waals surface area contributed by atoms with Crippen LogP contribution in [0.25, 0.3) is 16.9 Å². The highest BCUT2D eigenvalue weighted by Gasteiger charge is 2.19. The molecule has 0 amide bonds. The Morgan fingerprint density at radius 2 is 1.77 bits per heavy atom. The van der Waals surface area contributed by atoms with Crippen molar-refractivity contribution in [2.24, 2.45) is 0 Å². The zero-order valence-electron chi connectivity index (χ0n) is 11.4. The van der Waals surface area contributed by atoms with Crippen molar-refractivity contribution in [2.75, 3.05) is 0 Å².